The minimum Gasteiger partial charge on any atom is -0.336 e. The van der Waals surface area contributed by atoms with E-state index >= 15 is 0 Å². The molecule has 7 rings (SSSR count). The van der Waals surface area contributed by atoms with Crippen LogP contribution >= 0.6 is 11.3 Å². The van der Waals surface area contributed by atoms with E-state index in [9.17, 15) is 0 Å². The smallest absolute Gasteiger partial charge is 0.159 e. The number of hydrogen-bond acceptors (Lipinski definition) is 6. The quantitative estimate of drug-likeness (QED) is 0.329. The number of hydrogen-bond donors (Lipinski definition) is 2. The highest BCUT2D eigenvalue weighted by Crippen LogP contribution is 2.30. The van der Waals surface area contributed by atoms with Gasteiger partial charge in [0.15, 0.2) is 11.3 Å². The first-order valence-corrected chi connectivity index (χ1v) is 11.5. The first-order valence-electron chi connectivity index (χ1n) is 10.7. The van der Waals surface area contributed by atoms with Gasteiger partial charge in [0, 0.05) is 35.4 Å². The number of aromatic nitrogens is 8. The van der Waals surface area contributed by atoms with Crippen molar-refractivity contribution < 1.29 is 0 Å². The zero-order valence-corrected chi connectivity index (χ0v) is 18.7. The Morgan fingerprint density at radius 2 is 1.82 bits per heavy atom. The van der Waals surface area contributed by atoms with Crippen molar-refractivity contribution in [2.75, 3.05) is 0 Å². The fraction of sp³-hybridized carbons (Fsp3) is 0.125. The number of imidazole rings is 1. The first-order chi connectivity index (χ1) is 16.2. The van der Waals surface area contributed by atoms with Crippen molar-refractivity contribution in [2.45, 2.75) is 19.9 Å². The molecule has 0 saturated heterocycles. The van der Waals surface area contributed by atoms with Crippen LogP contribution in [0.1, 0.15) is 19.9 Å². The molecule has 160 valence electrons. The van der Waals surface area contributed by atoms with E-state index in [4.69, 9.17) is 4.98 Å². The van der Waals surface area contributed by atoms with E-state index in [2.05, 4.69) is 72.8 Å². The molecule has 0 aliphatic carbocycles. The molecule has 0 fully saturated rings. The van der Waals surface area contributed by atoms with Crippen LogP contribution in [0.25, 0.3) is 64.6 Å². The predicted molar refractivity (Wildman–Crippen MR) is 133 cm³/mol. The predicted octanol–water partition coefficient (Wildman–Crippen LogP) is 5.81. The Morgan fingerprint density at radius 3 is 2.73 bits per heavy atom. The lowest BCUT2D eigenvalue weighted by molar-refractivity contribution is 0.640. The summed E-state index contributed by atoms with van der Waals surface area (Å²) in [5.74, 6) is 0. The van der Waals surface area contributed by atoms with Crippen molar-refractivity contribution in [3.8, 4) is 0 Å². The normalized spacial score (nSPS) is 12.2. The highest BCUT2D eigenvalue weighted by Gasteiger charge is 2.12. The van der Waals surface area contributed by atoms with E-state index in [1.165, 1.54) is 0 Å². The number of nitrogens with zero attached hydrogens (tertiary/aromatic N) is 6. The summed E-state index contributed by atoms with van der Waals surface area (Å²) in [6, 6.07) is 10.7. The Hall–Kier alpha value is -4.11. The van der Waals surface area contributed by atoms with Crippen molar-refractivity contribution in [1.82, 2.24) is 39.7 Å². The van der Waals surface area contributed by atoms with E-state index in [1.54, 1.807) is 11.3 Å². The van der Waals surface area contributed by atoms with Crippen LogP contribution in [0.5, 0.6) is 0 Å². The Bertz CT molecular complexity index is 1920. The van der Waals surface area contributed by atoms with Gasteiger partial charge in [-0.05, 0) is 44.2 Å². The molecular formula is C24H18N8S. The van der Waals surface area contributed by atoms with E-state index < -0.39 is 0 Å². The topological polar surface area (TPSA) is 101 Å². The molecular weight excluding hydrogens is 432 g/mol. The van der Waals surface area contributed by atoms with Crippen molar-refractivity contribution in [1.29, 1.82) is 0 Å². The molecule has 7 aromatic heterocycles. The van der Waals surface area contributed by atoms with Gasteiger partial charge in [-0.15, -0.1) is 11.3 Å². The fourth-order valence-electron chi connectivity index (χ4n) is 4.45. The van der Waals surface area contributed by atoms with Gasteiger partial charge in [-0.2, -0.15) is 5.10 Å². The van der Waals surface area contributed by atoms with Gasteiger partial charge in [0.05, 0.1) is 32.1 Å². The van der Waals surface area contributed by atoms with Gasteiger partial charge in [0.1, 0.15) is 16.6 Å². The van der Waals surface area contributed by atoms with Crippen LogP contribution in [-0.2, 0) is 0 Å². The molecule has 0 atom stereocenters. The molecule has 0 amide bonds. The molecule has 0 spiro atoms. The van der Waals surface area contributed by atoms with Crippen LogP contribution in [0.2, 0.25) is 0 Å². The van der Waals surface area contributed by atoms with Gasteiger partial charge >= 0.3 is 0 Å². The lowest BCUT2D eigenvalue weighted by Gasteiger charge is -2.12. The van der Waals surface area contributed by atoms with Crippen molar-refractivity contribution in [3.63, 3.8) is 0 Å². The summed E-state index contributed by atoms with van der Waals surface area (Å²) >= 11 is 1.70. The molecule has 0 radical (unpaired) electrons. The third-order valence-electron chi connectivity index (χ3n) is 5.96. The summed E-state index contributed by atoms with van der Waals surface area (Å²) in [5, 5.41) is 10.4. The maximum Gasteiger partial charge on any atom is 0.159 e. The van der Waals surface area contributed by atoms with Crippen molar-refractivity contribution in [3.05, 3.63) is 55.1 Å². The maximum absolute atomic E-state index is 4.92. The van der Waals surface area contributed by atoms with Gasteiger partial charge in [0.25, 0.3) is 0 Å². The van der Waals surface area contributed by atoms with Gasteiger partial charge < -0.3 is 9.55 Å². The minimum absolute atomic E-state index is 0.242. The number of aromatic amines is 2. The van der Waals surface area contributed by atoms with Gasteiger partial charge in [-0.25, -0.2) is 9.97 Å². The number of thiophene rings is 1. The van der Waals surface area contributed by atoms with E-state index in [0.29, 0.717) is 11.3 Å². The van der Waals surface area contributed by atoms with E-state index in [0.717, 1.165) is 53.3 Å². The van der Waals surface area contributed by atoms with Gasteiger partial charge in [-0.3, -0.25) is 15.1 Å². The average molecular weight is 451 g/mol. The largest absolute Gasteiger partial charge is 0.336 e. The van der Waals surface area contributed by atoms with Crippen LogP contribution in [0.4, 0.5) is 0 Å². The van der Waals surface area contributed by atoms with Crippen molar-refractivity contribution in [2.24, 2.45) is 0 Å². The van der Waals surface area contributed by atoms with Crippen molar-refractivity contribution >= 4 is 75.9 Å². The van der Waals surface area contributed by atoms with E-state index in [1.807, 2.05) is 30.9 Å². The molecule has 2 N–H and O–H groups in total. The Labute approximate surface area is 190 Å². The maximum atomic E-state index is 4.92. The minimum atomic E-state index is 0.242. The number of nitrogens with one attached hydrogen (secondary N) is 2. The molecule has 7 heterocycles. The highest BCUT2D eigenvalue weighted by molar-refractivity contribution is 7.23. The molecule has 8 nitrogen and oxygen atoms in total. The van der Waals surface area contributed by atoms with Crippen LogP contribution in [0.15, 0.2) is 55.1 Å². The monoisotopic (exact) mass is 450 g/mol. The third kappa shape index (κ3) is 2.72. The Morgan fingerprint density at radius 1 is 0.909 bits per heavy atom. The first kappa shape index (κ1) is 18.5. The Kier molecular flexibility index (Phi) is 3.74. The lowest BCUT2D eigenvalue weighted by Crippen LogP contribution is -2.01. The number of H-pyrrole nitrogens is 2. The molecule has 0 aliphatic rings. The highest BCUT2D eigenvalue weighted by atomic mass is 32.1. The van der Waals surface area contributed by atoms with E-state index in [-0.39, 0.29) is 6.04 Å². The summed E-state index contributed by atoms with van der Waals surface area (Å²) < 4.78 is 3.36. The lowest BCUT2D eigenvalue weighted by atomic mass is 10.2. The zero-order chi connectivity index (χ0) is 22.1. The summed E-state index contributed by atoms with van der Waals surface area (Å²) in [6.45, 7) is 4.37. The average Bonchev–Trinajstić information content (AvgIpc) is 3.55. The number of pyridine rings is 3. The van der Waals surface area contributed by atoms with Crippen LogP contribution in [0, 0.1) is 0 Å². The molecule has 33 heavy (non-hydrogen) atoms. The second-order valence-electron chi connectivity index (χ2n) is 8.37. The molecule has 0 aliphatic heterocycles. The van der Waals surface area contributed by atoms with Gasteiger partial charge in [0.2, 0.25) is 0 Å². The fourth-order valence-corrected chi connectivity index (χ4v) is 5.61. The molecule has 8 bridgehead atoms. The van der Waals surface area contributed by atoms with Gasteiger partial charge in [-0.1, -0.05) is 0 Å². The summed E-state index contributed by atoms with van der Waals surface area (Å²) in [6.07, 6.45) is 7.46. The molecule has 7 aromatic rings. The SMILES string of the molecule is CC(C)n1c2cncc(c2)c2cnc3[nH]nc(c4nc5c(ccnc5c5ccc1s5)[nH]4)c3c2. The van der Waals surface area contributed by atoms with Crippen LogP contribution in [0.3, 0.4) is 0 Å². The number of rotatable bonds is 1. The van der Waals surface area contributed by atoms with Crippen LogP contribution in [-0.4, -0.2) is 39.7 Å². The Balaban J connectivity index is 1.80. The molecule has 0 saturated carbocycles. The second-order valence-corrected chi connectivity index (χ2v) is 9.43. The zero-order valence-electron chi connectivity index (χ0n) is 17.9. The standard InChI is InChI=1S/C24H18N8S/c1-12(2)32-15-7-13(9-25-11-15)14-8-16-20(30-31-23(16)27-10-14)24-28-17-5-6-26-22(21(17)29-24)18-3-4-19(32)33-18/h3-12H,1-2H3,(H,28,29)(H,27,30,31). The summed E-state index contributed by atoms with van der Waals surface area (Å²) in [4.78, 5) is 23.3. The molecule has 9 heteroatoms. The van der Waals surface area contributed by atoms with Crippen LogP contribution < -0.4 is 0 Å². The molecule has 0 aromatic carbocycles. The summed E-state index contributed by atoms with van der Waals surface area (Å²) in [7, 11) is 0. The molecule has 0 unspecified atom stereocenters. The third-order valence-corrected chi connectivity index (χ3v) is 7.05. The number of fused-ring (bicyclic) bond motifs is 9. The summed E-state index contributed by atoms with van der Waals surface area (Å²) in [5.41, 5.74) is 5.78. The second kappa shape index (κ2) is 6.69.